The van der Waals surface area contributed by atoms with Crippen LogP contribution in [0.25, 0.3) is 0 Å². The number of anilines is 1. The number of aryl methyl sites for hydroxylation is 1. The number of ether oxygens (including phenoxy) is 1. The van der Waals surface area contributed by atoms with Gasteiger partial charge in [0.15, 0.2) is 0 Å². The van der Waals surface area contributed by atoms with Gasteiger partial charge in [0.25, 0.3) is 0 Å². The predicted octanol–water partition coefficient (Wildman–Crippen LogP) is 3.12. The molecular formula is C18H28N2O. The summed E-state index contributed by atoms with van der Waals surface area (Å²) >= 11 is 0. The van der Waals surface area contributed by atoms with Crippen LogP contribution in [-0.4, -0.2) is 31.3 Å². The van der Waals surface area contributed by atoms with Gasteiger partial charge in [-0.15, -0.1) is 0 Å². The highest BCUT2D eigenvalue weighted by Gasteiger charge is 2.41. The van der Waals surface area contributed by atoms with E-state index in [-0.39, 0.29) is 5.54 Å². The van der Waals surface area contributed by atoms with E-state index in [1.165, 1.54) is 30.5 Å². The molecule has 0 radical (unpaired) electrons. The Morgan fingerprint density at radius 2 is 2.19 bits per heavy atom. The molecule has 3 heteroatoms. The first-order chi connectivity index (χ1) is 10.3. The molecule has 0 aromatic heterocycles. The van der Waals surface area contributed by atoms with Crippen LogP contribution in [0.15, 0.2) is 24.3 Å². The summed E-state index contributed by atoms with van der Waals surface area (Å²) in [7, 11) is 0. The van der Waals surface area contributed by atoms with Gasteiger partial charge >= 0.3 is 0 Å². The van der Waals surface area contributed by atoms with Crippen LogP contribution in [0, 0.1) is 0 Å². The number of hydrogen-bond acceptors (Lipinski definition) is 3. The fourth-order valence-electron chi connectivity index (χ4n) is 3.99. The van der Waals surface area contributed by atoms with E-state index in [1.807, 2.05) is 0 Å². The molecule has 2 atom stereocenters. The lowest BCUT2D eigenvalue weighted by Gasteiger charge is -2.49. The minimum atomic E-state index is 0.0827. The van der Waals surface area contributed by atoms with E-state index in [0.717, 1.165) is 39.0 Å². The Labute approximate surface area is 128 Å². The number of nitrogens with two attached hydrogens (primary N) is 1. The Hall–Kier alpha value is -1.06. The van der Waals surface area contributed by atoms with Crippen LogP contribution >= 0.6 is 0 Å². The molecule has 0 amide bonds. The van der Waals surface area contributed by atoms with Crippen molar-refractivity contribution in [1.29, 1.82) is 0 Å². The number of nitrogens with zero attached hydrogens (tertiary/aromatic N) is 1. The second kappa shape index (κ2) is 6.37. The van der Waals surface area contributed by atoms with Gasteiger partial charge < -0.3 is 15.4 Å². The van der Waals surface area contributed by atoms with E-state index < -0.39 is 0 Å². The van der Waals surface area contributed by atoms with Gasteiger partial charge in [0.2, 0.25) is 0 Å². The van der Waals surface area contributed by atoms with Crippen LogP contribution in [-0.2, 0) is 11.2 Å². The SMILES string of the molecule is CCC1CC(CN)(N2CCCCc3ccccc32)CCO1. The van der Waals surface area contributed by atoms with Crippen molar-refractivity contribution < 1.29 is 4.74 Å². The van der Waals surface area contributed by atoms with Crippen LogP contribution in [0.4, 0.5) is 5.69 Å². The maximum absolute atomic E-state index is 6.30. The van der Waals surface area contributed by atoms with Crippen LogP contribution in [0.1, 0.15) is 44.6 Å². The normalized spacial score (nSPS) is 29.8. The van der Waals surface area contributed by atoms with Gasteiger partial charge in [-0.05, 0) is 50.2 Å². The smallest absolute Gasteiger partial charge is 0.0595 e. The van der Waals surface area contributed by atoms with Gasteiger partial charge in [-0.3, -0.25) is 0 Å². The molecule has 1 aromatic rings. The first kappa shape index (κ1) is 14.9. The minimum Gasteiger partial charge on any atom is -0.378 e. The van der Waals surface area contributed by atoms with Crippen molar-refractivity contribution in [2.24, 2.45) is 5.73 Å². The van der Waals surface area contributed by atoms with Gasteiger partial charge in [0.1, 0.15) is 0 Å². The molecule has 3 nitrogen and oxygen atoms in total. The fourth-order valence-corrected chi connectivity index (χ4v) is 3.99. The molecule has 0 spiro atoms. The molecule has 2 N–H and O–H groups in total. The summed E-state index contributed by atoms with van der Waals surface area (Å²) in [6.45, 7) is 4.91. The number of benzene rings is 1. The fraction of sp³-hybridized carbons (Fsp3) is 0.667. The third-order valence-corrected chi connectivity index (χ3v) is 5.30. The van der Waals surface area contributed by atoms with Crippen molar-refractivity contribution >= 4 is 5.69 Å². The van der Waals surface area contributed by atoms with Crippen LogP contribution in [0.5, 0.6) is 0 Å². The number of fused-ring (bicyclic) bond motifs is 1. The average Bonchev–Trinajstić information content (AvgIpc) is 2.77. The quantitative estimate of drug-likeness (QED) is 0.929. The largest absolute Gasteiger partial charge is 0.378 e. The lowest BCUT2D eigenvalue weighted by atomic mass is 9.83. The van der Waals surface area contributed by atoms with Crippen molar-refractivity contribution in [3.63, 3.8) is 0 Å². The summed E-state index contributed by atoms with van der Waals surface area (Å²) in [6.07, 6.45) is 7.29. The summed E-state index contributed by atoms with van der Waals surface area (Å²) in [5.74, 6) is 0. The summed E-state index contributed by atoms with van der Waals surface area (Å²) in [6, 6.07) is 8.90. The number of hydrogen-bond donors (Lipinski definition) is 1. The molecule has 2 aliphatic heterocycles. The van der Waals surface area contributed by atoms with E-state index in [2.05, 4.69) is 36.1 Å². The molecule has 1 aromatic carbocycles. The second-order valence-corrected chi connectivity index (χ2v) is 6.52. The standard InChI is InChI=1S/C18H28N2O/c1-2-16-13-18(14-19,10-12-21-16)20-11-6-5-8-15-7-3-4-9-17(15)20/h3-4,7,9,16H,2,5-6,8,10-14,19H2,1H3. The Morgan fingerprint density at radius 1 is 1.33 bits per heavy atom. The Balaban J connectivity index is 1.96. The molecule has 2 unspecified atom stereocenters. The lowest BCUT2D eigenvalue weighted by molar-refractivity contribution is -0.0199. The van der Waals surface area contributed by atoms with Gasteiger partial charge in [-0.1, -0.05) is 25.1 Å². The van der Waals surface area contributed by atoms with Crippen molar-refractivity contribution in [3.8, 4) is 0 Å². The molecule has 116 valence electrons. The minimum absolute atomic E-state index is 0.0827. The molecule has 0 bridgehead atoms. The molecule has 0 saturated carbocycles. The molecule has 2 heterocycles. The van der Waals surface area contributed by atoms with Gasteiger partial charge in [0.05, 0.1) is 11.6 Å². The molecule has 3 rings (SSSR count). The van der Waals surface area contributed by atoms with E-state index in [0.29, 0.717) is 6.10 Å². The average molecular weight is 288 g/mol. The van der Waals surface area contributed by atoms with Gasteiger partial charge in [0, 0.05) is 25.4 Å². The maximum Gasteiger partial charge on any atom is 0.0595 e. The third kappa shape index (κ3) is 2.82. The van der Waals surface area contributed by atoms with Crippen molar-refractivity contribution in [1.82, 2.24) is 0 Å². The van der Waals surface area contributed by atoms with Crippen molar-refractivity contribution in [3.05, 3.63) is 29.8 Å². The monoisotopic (exact) mass is 288 g/mol. The van der Waals surface area contributed by atoms with E-state index in [1.54, 1.807) is 0 Å². The molecule has 0 aliphatic carbocycles. The molecular weight excluding hydrogens is 260 g/mol. The van der Waals surface area contributed by atoms with Crippen LogP contribution in [0.3, 0.4) is 0 Å². The molecule has 2 aliphatic rings. The van der Waals surface area contributed by atoms with E-state index >= 15 is 0 Å². The highest BCUT2D eigenvalue weighted by Crippen LogP contribution is 2.38. The van der Waals surface area contributed by atoms with Crippen LogP contribution in [0.2, 0.25) is 0 Å². The summed E-state index contributed by atoms with van der Waals surface area (Å²) in [5, 5.41) is 0. The predicted molar refractivity (Wildman–Crippen MR) is 87.8 cm³/mol. The Kier molecular flexibility index (Phi) is 4.51. The molecule has 1 fully saturated rings. The topological polar surface area (TPSA) is 38.5 Å². The summed E-state index contributed by atoms with van der Waals surface area (Å²) in [4.78, 5) is 2.63. The summed E-state index contributed by atoms with van der Waals surface area (Å²) in [5.41, 5.74) is 9.28. The van der Waals surface area contributed by atoms with Gasteiger partial charge in [-0.25, -0.2) is 0 Å². The highest BCUT2D eigenvalue weighted by atomic mass is 16.5. The lowest BCUT2D eigenvalue weighted by Crippen LogP contribution is -2.59. The Bertz CT molecular complexity index is 476. The van der Waals surface area contributed by atoms with Gasteiger partial charge in [-0.2, -0.15) is 0 Å². The maximum atomic E-state index is 6.30. The number of para-hydroxylation sites is 1. The van der Waals surface area contributed by atoms with Crippen molar-refractivity contribution in [2.45, 2.75) is 57.1 Å². The number of rotatable bonds is 3. The highest BCUT2D eigenvalue weighted by molar-refractivity contribution is 5.57. The van der Waals surface area contributed by atoms with Crippen molar-refractivity contribution in [2.75, 3.05) is 24.6 Å². The van der Waals surface area contributed by atoms with Crippen LogP contribution < -0.4 is 10.6 Å². The third-order valence-electron chi connectivity index (χ3n) is 5.30. The van der Waals surface area contributed by atoms with E-state index in [9.17, 15) is 0 Å². The zero-order valence-electron chi connectivity index (χ0n) is 13.2. The second-order valence-electron chi connectivity index (χ2n) is 6.52. The van der Waals surface area contributed by atoms with E-state index in [4.69, 9.17) is 10.5 Å². The first-order valence-corrected chi connectivity index (χ1v) is 8.46. The Morgan fingerprint density at radius 3 is 3.00 bits per heavy atom. The first-order valence-electron chi connectivity index (χ1n) is 8.46. The molecule has 21 heavy (non-hydrogen) atoms. The zero-order chi connectivity index (χ0) is 14.7. The summed E-state index contributed by atoms with van der Waals surface area (Å²) < 4.78 is 5.91. The zero-order valence-corrected chi connectivity index (χ0v) is 13.2. The molecule has 1 saturated heterocycles.